The highest BCUT2D eigenvalue weighted by Crippen LogP contribution is 2.30. The third-order valence-corrected chi connectivity index (χ3v) is 4.02. The van der Waals surface area contributed by atoms with Crippen molar-refractivity contribution in [1.82, 2.24) is 5.32 Å². The van der Waals surface area contributed by atoms with E-state index in [9.17, 15) is 4.79 Å². The Hall–Kier alpha value is -1.46. The molecule has 3 N–H and O–H groups in total. The summed E-state index contributed by atoms with van der Waals surface area (Å²) in [4.78, 5) is 12.3. The smallest absolute Gasteiger partial charge is 0.237 e. The Morgan fingerprint density at radius 3 is 2.44 bits per heavy atom. The second-order valence-corrected chi connectivity index (χ2v) is 7.19. The number of amides is 1. The van der Waals surface area contributed by atoms with E-state index in [1.807, 2.05) is 45.9 Å². The van der Waals surface area contributed by atoms with E-state index >= 15 is 0 Å². The van der Waals surface area contributed by atoms with Gasteiger partial charge in [-0.25, -0.2) is 0 Å². The van der Waals surface area contributed by atoms with Crippen LogP contribution in [0, 0.1) is 5.41 Å². The maximum Gasteiger partial charge on any atom is 0.237 e. The lowest BCUT2D eigenvalue weighted by atomic mass is 9.86. The fraction of sp³-hybridized carbons (Fsp3) is 0.632. The van der Waals surface area contributed by atoms with E-state index in [4.69, 9.17) is 15.2 Å². The van der Waals surface area contributed by atoms with Crippen molar-refractivity contribution in [2.24, 2.45) is 11.1 Å². The maximum absolute atomic E-state index is 12.3. The van der Waals surface area contributed by atoms with E-state index < -0.39 is 6.04 Å². The molecule has 0 aliphatic carbocycles. The molecule has 0 heterocycles. The van der Waals surface area contributed by atoms with Crippen molar-refractivity contribution in [2.75, 3.05) is 13.7 Å². The average molecular weight is 373 g/mol. The Kier molecular flexibility index (Phi) is 9.90. The maximum atomic E-state index is 12.3. The second-order valence-electron chi connectivity index (χ2n) is 7.19. The van der Waals surface area contributed by atoms with Crippen LogP contribution in [0.2, 0.25) is 0 Å². The number of carbonyl (C=O) groups excluding carboxylic acids is 1. The van der Waals surface area contributed by atoms with Gasteiger partial charge in [0.25, 0.3) is 0 Å². The number of carbonyl (C=O) groups is 1. The van der Waals surface area contributed by atoms with Gasteiger partial charge in [-0.1, -0.05) is 40.2 Å². The monoisotopic (exact) mass is 372 g/mol. The molecule has 25 heavy (non-hydrogen) atoms. The summed E-state index contributed by atoms with van der Waals surface area (Å²) in [5, 5.41) is 2.97. The van der Waals surface area contributed by atoms with Crippen LogP contribution in [0.4, 0.5) is 0 Å². The van der Waals surface area contributed by atoms with Gasteiger partial charge < -0.3 is 20.5 Å². The van der Waals surface area contributed by atoms with Crippen LogP contribution < -0.4 is 20.5 Å². The third kappa shape index (κ3) is 7.12. The van der Waals surface area contributed by atoms with Gasteiger partial charge in [0.15, 0.2) is 11.5 Å². The van der Waals surface area contributed by atoms with Crippen LogP contribution in [0.3, 0.4) is 0 Å². The number of hydrogen-bond donors (Lipinski definition) is 2. The van der Waals surface area contributed by atoms with E-state index in [1.54, 1.807) is 7.11 Å². The van der Waals surface area contributed by atoms with Crippen molar-refractivity contribution >= 4 is 18.3 Å². The minimum Gasteiger partial charge on any atom is -0.493 e. The Morgan fingerprint density at radius 2 is 1.92 bits per heavy atom. The van der Waals surface area contributed by atoms with Gasteiger partial charge in [0, 0.05) is 0 Å². The first-order chi connectivity index (χ1) is 11.2. The van der Waals surface area contributed by atoms with Gasteiger partial charge in [-0.3, -0.25) is 4.79 Å². The molecule has 0 saturated heterocycles. The molecule has 0 aliphatic rings. The van der Waals surface area contributed by atoms with Crippen LogP contribution >= 0.6 is 12.4 Å². The van der Waals surface area contributed by atoms with Crippen LogP contribution in [0.15, 0.2) is 18.2 Å². The summed E-state index contributed by atoms with van der Waals surface area (Å²) < 4.78 is 11.1. The fourth-order valence-corrected chi connectivity index (χ4v) is 2.18. The number of ether oxygens (including phenoxy) is 2. The average Bonchev–Trinajstić information content (AvgIpc) is 2.53. The Bertz CT molecular complexity index is 544. The summed E-state index contributed by atoms with van der Waals surface area (Å²) in [6, 6.07) is 5.01. The van der Waals surface area contributed by atoms with Gasteiger partial charge in [0.2, 0.25) is 5.91 Å². The Labute approximate surface area is 158 Å². The third-order valence-electron chi connectivity index (χ3n) is 4.02. The number of rotatable bonds is 8. The largest absolute Gasteiger partial charge is 0.493 e. The predicted octanol–water partition coefficient (Wildman–Crippen LogP) is 3.85. The molecule has 0 spiro atoms. The van der Waals surface area contributed by atoms with Gasteiger partial charge in [0.1, 0.15) is 0 Å². The molecular weight excluding hydrogens is 340 g/mol. The first kappa shape index (κ1) is 23.5. The number of benzene rings is 1. The lowest BCUT2D eigenvalue weighted by Crippen LogP contribution is -2.49. The summed E-state index contributed by atoms with van der Waals surface area (Å²) in [6.45, 7) is 10.6. The van der Waals surface area contributed by atoms with Crippen LogP contribution in [-0.4, -0.2) is 25.7 Å². The molecule has 1 aromatic rings. The molecule has 1 amide bonds. The fourth-order valence-electron chi connectivity index (χ4n) is 2.18. The van der Waals surface area contributed by atoms with Gasteiger partial charge in [-0.05, 0) is 36.5 Å². The molecule has 0 fully saturated rings. The first-order valence-electron chi connectivity index (χ1n) is 8.57. The van der Waals surface area contributed by atoms with Crippen molar-refractivity contribution in [3.63, 3.8) is 0 Å². The molecule has 0 saturated carbocycles. The van der Waals surface area contributed by atoms with Crippen LogP contribution in [0.25, 0.3) is 0 Å². The normalized spacial score (nSPS) is 13.4. The molecular formula is C19H33ClN2O3. The molecule has 0 bridgehead atoms. The van der Waals surface area contributed by atoms with E-state index in [-0.39, 0.29) is 29.8 Å². The van der Waals surface area contributed by atoms with Crippen molar-refractivity contribution < 1.29 is 14.3 Å². The van der Waals surface area contributed by atoms with Crippen LogP contribution in [0.1, 0.15) is 59.1 Å². The zero-order chi connectivity index (χ0) is 18.3. The summed E-state index contributed by atoms with van der Waals surface area (Å²) >= 11 is 0. The number of methoxy groups -OCH3 is 1. The quantitative estimate of drug-likeness (QED) is 0.680. The number of nitrogens with two attached hydrogens (primary N) is 1. The molecule has 144 valence electrons. The summed E-state index contributed by atoms with van der Waals surface area (Å²) in [5.74, 6) is 1.24. The SMILES string of the molecule is CCCCOc1ccc(C(C)NC(=O)[C@@H](N)C(C)(C)C)cc1OC.Cl. The summed E-state index contributed by atoms with van der Waals surface area (Å²) in [5.41, 5.74) is 6.68. The molecule has 1 aromatic carbocycles. The number of halogens is 1. The highest BCUT2D eigenvalue weighted by Gasteiger charge is 2.28. The van der Waals surface area contributed by atoms with Crippen molar-refractivity contribution in [2.45, 2.75) is 59.5 Å². The van der Waals surface area contributed by atoms with E-state index in [0.29, 0.717) is 12.4 Å². The minimum atomic E-state index is -0.557. The second kappa shape index (κ2) is 10.5. The molecule has 6 heteroatoms. The minimum absolute atomic E-state index is 0. The van der Waals surface area contributed by atoms with Crippen LogP contribution in [-0.2, 0) is 4.79 Å². The summed E-state index contributed by atoms with van der Waals surface area (Å²) in [6.07, 6.45) is 2.08. The number of nitrogens with one attached hydrogen (secondary N) is 1. The molecule has 0 radical (unpaired) electrons. The van der Waals surface area contributed by atoms with Crippen molar-refractivity contribution in [3.05, 3.63) is 23.8 Å². The lowest BCUT2D eigenvalue weighted by molar-refractivity contribution is -0.125. The van der Waals surface area contributed by atoms with Crippen LogP contribution in [0.5, 0.6) is 11.5 Å². The van der Waals surface area contributed by atoms with Gasteiger partial charge in [-0.2, -0.15) is 0 Å². The van der Waals surface area contributed by atoms with Gasteiger partial charge >= 0.3 is 0 Å². The highest BCUT2D eigenvalue weighted by molar-refractivity contribution is 5.85. The Balaban J connectivity index is 0.00000576. The molecule has 0 aliphatic heterocycles. The van der Waals surface area contributed by atoms with Crippen molar-refractivity contribution in [3.8, 4) is 11.5 Å². The zero-order valence-electron chi connectivity index (χ0n) is 16.2. The molecule has 1 unspecified atom stereocenters. The molecule has 1 rings (SSSR count). The van der Waals surface area contributed by atoms with Gasteiger partial charge in [-0.15, -0.1) is 12.4 Å². The Morgan fingerprint density at radius 1 is 1.28 bits per heavy atom. The summed E-state index contributed by atoms with van der Waals surface area (Å²) in [7, 11) is 1.62. The highest BCUT2D eigenvalue weighted by atomic mass is 35.5. The number of unbranched alkanes of at least 4 members (excludes halogenated alkanes) is 1. The lowest BCUT2D eigenvalue weighted by Gasteiger charge is -2.27. The zero-order valence-corrected chi connectivity index (χ0v) is 17.0. The predicted molar refractivity (Wildman–Crippen MR) is 105 cm³/mol. The van der Waals surface area contributed by atoms with Crippen molar-refractivity contribution in [1.29, 1.82) is 0 Å². The number of hydrogen-bond acceptors (Lipinski definition) is 4. The molecule has 2 atom stereocenters. The first-order valence-corrected chi connectivity index (χ1v) is 8.57. The molecule has 5 nitrogen and oxygen atoms in total. The van der Waals surface area contributed by atoms with E-state index in [2.05, 4.69) is 12.2 Å². The van der Waals surface area contributed by atoms with Gasteiger partial charge in [0.05, 0.1) is 25.8 Å². The van der Waals surface area contributed by atoms with E-state index in [1.165, 1.54) is 0 Å². The van der Waals surface area contributed by atoms with E-state index in [0.717, 1.165) is 24.2 Å². The molecule has 0 aromatic heterocycles. The standard InChI is InChI=1S/C19H32N2O3.ClH/c1-7-8-11-24-15-10-9-14(12-16(15)23-6)13(2)21-18(22)17(20)19(3,4)5;/h9-10,12-13,17H,7-8,11,20H2,1-6H3,(H,21,22);1H/t13?,17-;/m1./s1. The topological polar surface area (TPSA) is 73.6 Å².